The van der Waals surface area contributed by atoms with Crippen molar-refractivity contribution >= 4 is 38.2 Å². The molecule has 0 N–H and O–H groups in total. The molecule has 0 saturated heterocycles. The molecule has 0 aliphatic carbocycles. The van der Waals surface area contributed by atoms with Crippen molar-refractivity contribution in [1.82, 2.24) is 4.98 Å². The summed E-state index contributed by atoms with van der Waals surface area (Å²) in [5, 5.41) is 2.48. The fourth-order valence-electron chi connectivity index (χ4n) is 2.34. The molecule has 0 radical (unpaired) electrons. The SMILES string of the molecule is Cc1nc(N(C)c2cccc3ccccc23)ccc1Br. The first kappa shape index (κ1) is 13.1. The molecule has 0 atom stereocenters. The lowest BCUT2D eigenvalue weighted by atomic mass is 10.1. The molecule has 3 rings (SSSR count). The Hall–Kier alpha value is -1.87. The molecular formula is C17H15BrN2. The Bertz CT molecular complexity index is 763. The second-order valence-corrected chi connectivity index (χ2v) is 5.65. The molecule has 0 bridgehead atoms. The second kappa shape index (κ2) is 5.25. The van der Waals surface area contributed by atoms with Crippen molar-refractivity contribution in [3.8, 4) is 0 Å². The predicted octanol–water partition coefficient (Wildman–Crippen LogP) is 5.07. The first-order valence-corrected chi connectivity index (χ1v) is 7.31. The van der Waals surface area contributed by atoms with Crippen molar-refractivity contribution in [3.63, 3.8) is 0 Å². The normalized spacial score (nSPS) is 10.8. The second-order valence-electron chi connectivity index (χ2n) is 4.79. The monoisotopic (exact) mass is 326 g/mol. The van der Waals surface area contributed by atoms with Crippen LogP contribution >= 0.6 is 15.9 Å². The van der Waals surface area contributed by atoms with Gasteiger partial charge < -0.3 is 4.90 Å². The van der Waals surface area contributed by atoms with Crippen molar-refractivity contribution in [3.05, 3.63) is 64.8 Å². The fourth-order valence-corrected chi connectivity index (χ4v) is 2.56. The van der Waals surface area contributed by atoms with Gasteiger partial charge in [0.15, 0.2) is 0 Å². The maximum absolute atomic E-state index is 4.63. The third-order valence-electron chi connectivity index (χ3n) is 3.48. The zero-order chi connectivity index (χ0) is 14.1. The topological polar surface area (TPSA) is 16.1 Å². The minimum absolute atomic E-state index is 0.946. The minimum Gasteiger partial charge on any atom is -0.329 e. The van der Waals surface area contributed by atoms with Gasteiger partial charge in [-0.1, -0.05) is 36.4 Å². The van der Waals surface area contributed by atoms with Crippen LogP contribution in [0.4, 0.5) is 11.5 Å². The van der Waals surface area contributed by atoms with Gasteiger partial charge in [-0.2, -0.15) is 0 Å². The Morgan fingerprint density at radius 3 is 2.50 bits per heavy atom. The van der Waals surface area contributed by atoms with Crippen molar-refractivity contribution in [2.75, 3.05) is 11.9 Å². The van der Waals surface area contributed by atoms with Crippen LogP contribution in [0.1, 0.15) is 5.69 Å². The number of hydrogen-bond acceptors (Lipinski definition) is 2. The molecule has 1 heterocycles. The van der Waals surface area contributed by atoms with E-state index in [1.54, 1.807) is 0 Å². The molecule has 1 aromatic heterocycles. The van der Waals surface area contributed by atoms with Crippen molar-refractivity contribution in [2.24, 2.45) is 0 Å². The van der Waals surface area contributed by atoms with Gasteiger partial charge >= 0.3 is 0 Å². The summed E-state index contributed by atoms with van der Waals surface area (Å²) in [5.41, 5.74) is 2.16. The van der Waals surface area contributed by atoms with Crippen LogP contribution in [0.15, 0.2) is 59.1 Å². The summed E-state index contributed by atoms with van der Waals surface area (Å²) in [6, 6.07) is 18.8. The Balaban J connectivity index is 2.12. The molecule has 100 valence electrons. The van der Waals surface area contributed by atoms with Crippen LogP contribution in [0.5, 0.6) is 0 Å². The van der Waals surface area contributed by atoms with E-state index in [0.29, 0.717) is 0 Å². The lowest BCUT2D eigenvalue weighted by Crippen LogP contribution is -2.12. The van der Waals surface area contributed by atoms with Crippen molar-refractivity contribution in [2.45, 2.75) is 6.92 Å². The van der Waals surface area contributed by atoms with Crippen LogP contribution < -0.4 is 4.90 Å². The molecule has 2 aromatic carbocycles. The molecule has 0 fully saturated rings. The maximum Gasteiger partial charge on any atom is 0.133 e. The van der Waals surface area contributed by atoms with E-state index in [2.05, 4.69) is 75.3 Å². The fraction of sp³-hybridized carbons (Fsp3) is 0.118. The summed E-state index contributed by atoms with van der Waals surface area (Å²) in [7, 11) is 2.05. The molecule has 0 aliphatic heterocycles. The van der Waals surface area contributed by atoms with Gasteiger partial charge in [-0.25, -0.2) is 4.98 Å². The minimum atomic E-state index is 0.946. The summed E-state index contributed by atoms with van der Waals surface area (Å²) >= 11 is 3.49. The Morgan fingerprint density at radius 2 is 1.70 bits per heavy atom. The van der Waals surface area contributed by atoms with Gasteiger partial charge in [0.25, 0.3) is 0 Å². The largest absolute Gasteiger partial charge is 0.329 e. The van der Waals surface area contributed by atoms with Crippen molar-refractivity contribution in [1.29, 1.82) is 0 Å². The van der Waals surface area contributed by atoms with Gasteiger partial charge in [-0.05, 0) is 46.4 Å². The number of anilines is 2. The number of halogens is 1. The number of aromatic nitrogens is 1. The standard InChI is InChI=1S/C17H15BrN2/c1-12-15(18)10-11-17(19-12)20(2)16-9-5-7-13-6-3-4-8-14(13)16/h3-11H,1-2H3. The molecule has 3 heteroatoms. The summed E-state index contributed by atoms with van der Waals surface area (Å²) in [5.74, 6) is 0.946. The molecule has 20 heavy (non-hydrogen) atoms. The number of pyridine rings is 1. The molecular weight excluding hydrogens is 312 g/mol. The van der Waals surface area contributed by atoms with E-state index in [-0.39, 0.29) is 0 Å². The summed E-state index contributed by atoms with van der Waals surface area (Å²) in [6.45, 7) is 2.00. The zero-order valence-electron chi connectivity index (χ0n) is 11.5. The smallest absolute Gasteiger partial charge is 0.133 e. The third kappa shape index (κ3) is 2.29. The van der Waals surface area contributed by atoms with E-state index in [1.807, 2.05) is 19.1 Å². The van der Waals surface area contributed by atoms with E-state index in [4.69, 9.17) is 0 Å². The number of benzene rings is 2. The van der Waals surface area contributed by atoms with Gasteiger partial charge in [0.1, 0.15) is 5.82 Å². The average Bonchev–Trinajstić information content (AvgIpc) is 2.49. The average molecular weight is 327 g/mol. The van der Waals surface area contributed by atoms with Gasteiger partial charge in [-0.15, -0.1) is 0 Å². The Kier molecular flexibility index (Phi) is 3.45. The highest BCUT2D eigenvalue weighted by Crippen LogP contribution is 2.30. The first-order valence-electron chi connectivity index (χ1n) is 6.51. The highest BCUT2D eigenvalue weighted by atomic mass is 79.9. The number of rotatable bonds is 2. The molecule has 0 unspecified atom stereocenters. The molecule has 3 aromatic rings. The van der Waals surface area contributed by atoms with Crippen LogP contribution in [0, 0.1) is 6.92 Å². The van der Waals surface area contributed by atoms with Gasteiger partial charge in [-0.3, -0.25) is 0 Å². The van der Waals surface area contributed by atoms with Crippen LogP contribution in [-0.2, 0) is 0 Å². The van der Waals surface area contributed by atoms with E-state index in [1.165, 1.54) is 10.8 Å². The summed E-state index contributed by atoms with van der Waals surface area (Å²) in [4.78, 5) is 6.76. The zero-order valence-corrected chi connectivity index (χ0v) is 13.1. The first-order chi connectivity index (χ1) is 9.66. The van der Waals surface area contributed by atoms with Crippen LogP contribution in [0.25, 0.3) is 10.8 Å². The van der Waals surface area contributed by atoms with E-state index >= 15 is 0 Å². The van der Waals surface area contributed by atoms with Crippen LogP contribution in [-0.4, -0.2) is 12.0 Å². The number of nitrogens with zero attached hydrogens (tertiary/aromatic N) is 2. The van der Waals surface area contributed by atoms with E-state index < -0.39 is 0 Å². The summed E-state index contributed by atoms with van der Waals surface area (Å²) in [6.07, 6.45) is 0. The predicted molar refractivity (Wildman–Crippen MR) is 88.7 cm³/mol. The number of aryl methyl sites for hydroxylation is 1. The van der Waals surface area contributed by atoms with Gasteiger partial charge in [0.2, 0.25) is 0 Å². The van der Waals surface area contributed by atoms with Crippen LogP contribution in [0.3, 0.4) is 0 Å². The van der Waals surface area contributed by atoms with E-state index in [0.717, 1.165) is 21.7 Å². The summed E-state index contributed by atoms with van der Waals surface area (Å²) < 4.78 is 1.03. The molecule has 0 spiro atoms. The Labute approximate surface area is 127 Å². The molecule has 2 nitrogen and oxygen atoms in total. The van der Waals surface area contributed by atoms with Crippen LogP contribution in [0.2, 0.25) is 0 Å². The lowest BCUT2D eigenvalue weighted by Gasteiger charge is -2.21. The van der Waals surface area contributed by atoms with Gasteiger partial charge in [0.05, 0.1) is 5.69 Å². The lowest BCUT2D eigenvalue weighted by molar-refractivity contribution is 1.09. The highest BCUT2D eigenvalue weighted by molar-refractivity contribution is 9.10. The van der Waals surface area contributed by atoms with E-state index in [9.17, 15) is 0 Å². The molecule has 0 saturated carbocycles. The van der Waals surface area contributed by atoms with Gasteiger partial charge in [0, 0.05) is 22.6 Å². The highest BCUT2D eigenvalue weighted by Gasteiger charge is 2.09. The molecule has 0 amide bonds. The third-order valence-corrected chi connectivity index (χ3v) is 4.32. The number of fused-ring (bicyclic) bond motifs is 1. The quantitative estimate of drug-likeness (QED) is 0.653. The number of hydrogen-bond donors (Lipinski definition) is 0. The molecule has 0 aliphatic rings. The Morgan fingerprint density at radius 1 is 0.950 bits per heavy atom. The maximum atomic E-state index is 4.63. The van der Waals surface area contributed by atoms with Crippen molar-refractivity contribution < 1.29 is 0 Å².